The Morgan fingerprint density at radius 3 is 2.85 bits per heavy atom. The highest BCUT2D eigenvalue weighted by Gasteiger charge is 2.08. The average molecular weight is 267 g/mol. The number of nitrogens with zero attached hydrogens (tertiary/aromatic N) is 2. The molecule has 1 aromatic carbocycles. The van der Waals surface area contributed by atoms with E-state index in [-0.39, 0.29) is 5.56 Å². The second kappa shape index (κ2) is 5.85. The van der Waals surface area contributed by atoms with Crippen LogP contribution in [0.2, 0.25) is 0 Å². The van der Waals surface area contributed by atoms with Crippen molar-refractivity contribution in [2.45, 2.75) is 13.3 Å². The summed E-state index contributed by atoms with van der Waals surface area (Å²) >= 11 is 0. The smallest absolute Gasteiger partial charge is 0.335 e. The predicted molar refractivity (Wildman–Crippen MR) is 75.0 cm³/mol. The van der Waals surface area contributed by atoms with Gasteiger partial charge in [0, 0.05) is 11.4 Å². The van der Waals surface area contributed by atoms with Gasteiger partial charge in [-0.15, -0.1) is 0 Å². The molecule has 0 bridgehead atoms. The zero-order chi connectivity index (χ0) is 14.5. The summed E-state index contributed by atoms with van der Waals surface area (Å²) in [4.78, 5) is 15.4. The molecule has 2 rings (SSSR count). The van der Waals surface area contributed by atoms with Crippen LogP contribution in [0.15, 0.2) is 36.4 Å². The van der Waals surface area contributed by atoms with E-state index in [0.717, 1.165) is 0 Å². The highest BCUT2D eigenvalue weighted by Crippen LogP contribution is 2.18. The van der Waals surface area contributed by atoms with Crippen molar-refractivity contribution < 1.29 is 9.90 Å². The van der Waals surface area contributed by atoms with E-state index in [0.29, 0.717) is 29.2 Å². The van der Waals surface area contributed by atoms with Crippen LogP contribution in [-0.4, -0.2) is 16.1 Å². The molecule has 2 aromatic rings. The SMILES string of the molecule is CCc1cc(C(=O)O)cc(Nc2cccc(C#N)c2)n1. The quantitative estimate of drug-likeness (QED) is 0.889. The standard InChI is InChI=1S/C15H13N3O2/c1-2-12-7-11(15(19)20)8-14(17-12)18-13-5-3-4-10(6-13)9-16/h3-8H,2H2,1H3,(H,17,18)(H,19,20). The fourth-order valence-corrected chi connectivity index (χ4v) is 1.77. The molecule has 0 aliphatic rings. The molecule has 20 heavy (non-hydrogen) atoms. The van der Waals surface area contributed by atoms with Crippen molar-refractivity contribution in [1.82, 2.24) is 4.98 Å². The number of aromatic carboxylic acids is 1. The minimum atomic E-state index is -0.990. The average Bonchev–Trinajstić information content (AvgIpc) is 2.47. The van der Waals surface area contributed by atoms with Gasteiger partial charge in [-0.05, 0) is 36.8 Å². The number of benzene rings is 1. The summed E-state index contributed by atoms with van der Waals surface area (Å²) in [5, 5.41) is 21.0. The Morgan fingerprint density at radius 2 is 2.20 bits per heavy atom. The lowest BCUT2D eigenvalue weighted by atomic mass is 10.2. The number of rotatable bonds is 4. The molecule has 5 heteroatoms. The Morgan fingerprint density at radius 1 is 1.40 bits per heavy atom. The lowest BCUT2D eigenvalue weighted by Crippen LogP contribution is -2.03. The van der Waals surface area contributed by atoms with Gasteiger partial charge >= 0.3 is 5.97 Å². The maximum Gasteiger partial charge on any atom is 0.335 e. The number of carboxylic acid groups (broad SMARTS) is 1. The molecular weight excluding hydrogens is 254 g/mol. The van der Waals surface area contributed by atoms with Crippen LogP contribution in [0.3, 0.4) is 0 Å². The Labute approximate surface area is 116 Å². The maximum absolute atomic E-state index is 11.1. The number of aryl methyl sites for hydroxylation is 1. The fourth-order valence-electron chi connectivity index (χ4n) is 1.77. The molecule has 100 valence electrons. The number of hydrogen-bond donors (Lipinski definition) is 2. The van der Waals surface area contributed by atoms with Gasteiger partial charge in [-0.3, -0.25) is 0 Å². The maximum atomic E-state index is 11.1. The van der Waals surface area contributed by atoms with Gasteiger partial charge in [0.25, 0.3) is 0 Å². The van der Waals surface area contributed by atoms with E-state index in [2.05, 4.69) is 16.4 Å². The molecule has 5 nitrogen and oxygen atoms in total. The van der Waals surface area contributed by atoms with E-state index in [1.165, 1.54) is 6.07 Å². The van der Waals surface area contributed by atoms with Crippen molar-refractivity contribution in [3.05, 3.63) is 53.2 Å². The third kappa shape index (κ3) is 3.12. The van der Waals surface area contributed by atoms with E-state index in [1.807, 2.05) is 6.92 Å². The van der Waals surface area contributed by atoms with Crippen LogP contribution in [0, 0.1) is 11.3 Å². The van der Waals surface area contributed by atoms with Crippen LogP contribution >= 0.6 is 0 Å². The number of carbonyl (C=O) groups is 1. The Hall–Kier alpha value is -2.87. The molecule has 0 unspecified atom stereocenters. The molecule has 0 atom stereocenters. The van der Waals surface area contributed by atoms with Gasteiger partial charge in [0.15, 0.2) is 0 Å². The van der Waals surface area contributed by atoms with E-state index >= 15 is 0 Å². The first-order valence-corrected chi connectivity index (χ1v) is 6.14. The summed E-state index contributed by atoms with van der Waals surface area (Å²) in [6, 6.07) is 12.0. The molecule has 0 amide bonds. The molecule has 0 aliphatic carbocycles. The molecule has 0 radical (unpaired) electrons. The topological polar surface area (TPSA) is 86.0 Å². The fraction of sp³-hybridized carbons (Fsp3) is 0.133. The second-order valence-electron chi connectivity index (χ2n) is 4.21. The van der Waals surface area contributed by atoms with Crippen LogP contribution in [0.5, 0.6) is 0 Å². The Bertz CT molecular complexity index is 690. The van der Waals surface area contributed by atoms with Crippen LogP contribution in [0.4, 0.5) is 11.5 Å². The molecule has 1 heterocycles. The summed E-state index contributed by atoms with van der Waals surface area (Å²) in [6.45, 7) is 1.91. The minimum absolute atomic E-state index is 0.191. The largest absolute Gasteiger partial charge is 0.478 e. The summed E-state index contributed by atoms with van der Waals surface area (Å²) in [5.41, 5.74) is 2.11. The monoisotopic (exact) mass is 267 g/mol. The Balaban J connectivity index is 2.35. The molecular formula is C15H13N3O2. The van der Waals surface area contributed by atoms with Crippen LogP contribution in [0.1, 0.15) is 28.5 Å². The van der Waals surface area contributed by atoms with E-state index in [4.69, 9.17) is 10.4 Å². The van der Waals surface area contributed by atoms with Gasteiger partial charge < -0.3 is 10.4 Å². The zero-order valence-corrected chi connectivity index (χ0v) is 10.9. The van der Waals surface area contributed by atoms with Crippen LogP contribution in [0.25, 0.3) is 0 Å². The molecule has 0 saturated carbocycles. The first-order valence-electron chi connectivity index (χ1n) is 6.14. The lowest BCUT2D eigenvalue weighted by Gasteiger charge is -2.08. The second-order valence-corrected chi connectivity index (χ2v) is 4.21. The van der Waals surface area contributed by atoms with Gasteiger partial charge in [-0.1, -0.05) is 13.0 Å². The van der Waals surface area contributed by atoms with Crippen molar-refractivity contribution in [2.75, 3.05) is 5.32 Å². The lowest BCUT2D eigenvalue weighted by molar-refractivity contribution is 0.0696. The zero-order valence-electron chi connectivity index (χ0n) is 10.9. The predicted octanol–water partition coefficient (Wildman–Crippen LogP) is 2.96. The van der Waals surface area contributed by atoms with Gasteiger partial charge in [0.2, 0.25) is 0 Å². The van der Waals surface area contributed by atoms with E-state index < -0.39 is 5.97 Å². The number of hydrogen-bond acceptors (Lipinski definition) is 4. The third-order valence-corrected chi connectivity index (χ3v) is 2.75. The van der Waals surface area contributed by atoms with Crippen LogP contribution in [-0.2, 0) is 6.42 Å². The van der Waals surface area contributed by atoms with Crippen molar-refractivity contribution >= 4 is 17.5 Å². The van der Waals surface area contributed by atoms with Gasteiger partial charge in [0.1, 0.15) is 5.82 Å². The van der Waals surface area contributed by atoms with E-state index in [9.17, 15) is 4.79 Å². The number of aromatic nitrogens is 1. The molecule has 2 N–H and O–H groups in total. The summed E-state index contributed by atoms with van der Waals surface area (Å²) in [6.07, 6.45) is 0.647. The summed E-state index contributed by atoms with van der Waals surface area (Å²) in [7, 11) is 0. The van der Waals surface area contributed by atoms with Gasteiger partial charge in [-0.2, -0.15) is 5.26 Å². The highest BCUT2D eigenvalue weighted by molar-refractivity contribution is 5.88. The summed E-state index contributed by atoms with van der Waals surface area (Å²) in [5.74, 6) is -0.534. The van der Waals surface area contributed by atoms with Crippen LogP contribution < -0.4 is 5.32 Å². The number of carboxylic acids is 1. The molecule has 1 aromatic heterocycles. The third-order valence-electron chi connectivity index (χ3n) is 2.75. The van der Waals surface area contributed by atoms with Crippen molar-refractivity contribution in [2.24, 2.45) is 0 Å². The minimum Gasteiger partial charge on any atom is -0.478 e. The van der Waals surface area contributed by atoms with Gasteiger partial charge in [-0.25, -0.2) is 9.78 Å². The molecule has 0 aliphatic heterocycles. The molecule has 0 fully saturated rings. The van der Waals surface area contributed by atoms with Crippen molar-refractivity contribution in [3.63, 3.8) is 0 Å². The first kappa shape index (κ1) is 13.6. The first-order chi connectivity index (χ1) is 9.62. The number of anilines is 2. The number of nitrogens with one attached hydrogen (secondary N) is 1. The van der Waals surface area contributed by atoms with Crippen molar-refractivity contribution in [1.29, 1.82) is 5.26 Å². The Kier molecular flexibility index (Phi) is 3.96. The normalized spacial score (nSPS) is 9.80. The molecule has 0 saturated heterocycles. The number of pyridine rings is 1. The van der Waals surface area contributed by atoms with Crippen molar-refractivity contribution in [3.8, 4) is 6.07 Å². The highest BCUT2D eigenvalue weighted by atomic mass is 16.4. The van der Waals surface area contributed by atoms with Gasteiger partial charge in [0.05, 0.1) is 17.2 Å². The molecule has 0 spiro atoms. The van der Waals surface area contributed by atoms with E-state index in [1.54, 1.807) is 30.3 Å². The number of nitriles is 1. The summed E-state index contributed by atoms with van der Waals surface area (Å²) < 4.78 is 0.